The highest BCUT2D eigenvalue weighted by atomic mass is 16.5. The highest BCUT2D eigenvalue weighted by molar-refractivity contribution is 5.82. The zero-order valence-electron chi connectivity index (χ0n) is 17.9. The highest BCUT2D eigenvalue weighted by Crippen LogP contribution is 2.34. The van der Waals surface area contributed by atoms with Gasteiger partial charge in [0.15, 0.2) is 0 Å². The van der Waals surface area contributed by atoms with E-state index >= 15 is 0 Å². The van der Waals surface area contributed by atoms with Crippen LogP contribution in [-0.2, 0) is 6.42 Å². The lowest BCUT2D eigenvalue weighted by molar-refractivity contribution is 0.141. The minimum Gasteiger partial charge on any atom is -0.484 e. The van der Waals surface area contributed by atoms with Crippen molar-refractivity contribution in [1.29, 1.82) is 5.26 Å². The smallest absolute Gasteiger partial charge is 0.141 e. The summed E-state index contributed by atoms with van der Waals surface area (Å²) in [7, 11) is 0. The van der Waals surface area contributed by atoms with E-state index in [0.717, 1.165) is 58.7 Å². The Kier molecular flexibility index (Phi) is 4.70. The summed E-state index contributed by atoms with van der Waals surface area (Å²) in [6.07, 6.45) is 7.61. The number of benzene rings is 1. The first-order valence-electron chi connectivity index (χ1n) is 11.1. The van der Waals surface area contributed by atoms with Crippen LogP contribution in [0.2, 0.25) is 0 Å². The number of aliphatic hydroxyl groups is 1. The van der Waals surface area contributed by atoms with Gasteiger partial charge in [0.1, 0.15) is 23.7 Å². The van der Waals surface area contributed by atoms with E-state index in [1.54, 1.807) is 12.4 Å². The van der Waals surface area contributed by atoms with E-state index < -0.39 is 0 Å². The second-order valence-corrected chi connectivity index (χ2v) is 8.59. The fourth-order valence-corrected chi connectivity index (χ4v) is 4.60. The number of nitriles is 1. The number of aliphatic hydroxyl groups excluding tert-OH is 1. The van der Waals surface area contributed by atoms with Crippen LogP contribution in [0.1, 0.15) is 35.8 Å². The Morgan fingerprint density at radius 1 is 1.09 bits per heavy atom. The number of aromatic nitrogens is 4. The Bertz CT molecular complexity index is 1390. The molecular weight excluding hydrogens is 416 g/mol. The van der Waals surface area contributed by atoms with Gasteiger partial charge in [-0.25, -0.2) is 9.67 Å². The van der Waals surface area contributed by atoms with E-state index in [1.807, 2.05) is 52.2 Å². The molecule has 0 amide bonds. The third-order valence-electron chi connectivity index (χ3n) is 6.33. The molecule has 2 aliphatic rings. The van der Waals surface area contributed by atoms with Gasteiger partial charge in [0, 0.05) is 43.0 Å². The zero-order valence-corrected chi connectivity index (χ0v) is 17.9. The zero-order chi connectivity index (χ0) is 22.4. The van der Waals surface area contributed by atoms with Crippen LogP contribution in [0, 0.1) is 11.3 Å². The lowest BCUT2D eigenvalue weighted by atomic mass is 9.93. The molecule has 0 radical (unpaired) electrons. The number of ether oxygens (including phenoxy) is 1. The molecule has 164 valence electrons. The lowest BCUT2D eigenvalue weighted by Gasteiger charge is -2.36. The first-order chi connectivity index (χ1) is 16.2. The van der Waals surface area contributed by atoms with Crippen molar-refractivity contribution in [3.05, 3.63) is 71.8 Å². The van der Waals surface area contributed by atoms with Crippen LogP contribution in [0.25, 0.3) is 16.6 Å². The fraction of sp³-hybridized carbons (Fsp3) is 0.280. The molecule has 0 spiro atoms. The average molecular weight is 438 g/mol. The molecule has 4 aromatic rings. The van der Waals surface area contributed by atoms with E-state index in [0.29, 0.717) is 18.7 Å². The molecule has 1 N–H and O–H groups in total. The minimum atomic E-state index is -0.286. The van der Waals surface area contributed by atoms with Crippen LogP contribution in [0.5, 0.6) is 5.75 Å². The first-order valence-corrected chi connectivity index (χ1v) is 11.1. The summed E-state index contributed by atoms with van der Waals surface area (Å²) in [4.78, 5) is 11.0. The minimum absolute atomic E-state index is 0.138. The van der Waals surface area contributed by atoms with Gasteiger partial charge in [-0.1, -0.05) is 0 Å². The van der Waals surface area contributed by atoms with Gasteiger partial charge in [-0.2, -0.15) is 10.4 Å². The molecule has 1 aromatic carbocycles. The van der Waals surface area contributed by atoms with Crippen LogP contribution in [0.3, 0.4) is 0 Å². The van der Waals surface area contributed by atoms with Crippen molar-refractivity contribution in [3.63, 3.8) is 0 Å². The third-order valence-corrected chi connectivity index (χ3v) is 6.33. The molecule has 0 saturated carbocycles. The van der Waals surface area contributed by atoms with Crippen molar-refractivity contribution in [2.45, 2.75) is 31.5 Å². The standard InChI is InChI=1S/C25H22N6O2/c26-11-16-8-17-2-1-3-23(25(17)28-12-16)33-21-5-4-18-13-29-31(22(18)10-21)19-6-7-27-24(9-19)30-14-20(32)15-30/h4-10,12-13,20,23,32H,1-3,14-15H2/t23-/m0/s1. The van der Waals surface area contributed by atoms with Crippen LogP contribution in [0.4, 0.5) is 5.82 Å². The number of anilines is 1. The van der Waals surface area contributed by atoms with Gasteiger partial charge >= 0.3 is 0 Å². The maximum Gasteiger partial charge on any atom is 0.141 e. The summed E-state index contributed by atoms with van der Waals surface area (Å²) < 4.78 is 8.27. The van der Waals surface area contributed by atoms with Gasteiger partial charge in [0.2, 0.25) is 0 Å². The van der Waals surface area contributed by atoms with Crippen molar-refractivity contribution in [2.24, 2.45) is 0 Å². The Morgan fingerprint density at radius 3 is 2.85 bits per heavy atom. The van der Waals surface area contributed by atoms with Crippen LogP contribution >= 0.6 is 0 Å². The molecule has 8 heteroatoms. The van der Waals surface area contributed by atoms with Crippen molar-refractivity contribution >= 4 is 16.7 Å². The molecule has 1 aliphatic carbocycles. The Hall–Kier alpha value is -3.96. The molecule has 3 aromatic heterocycles. The summed E-state index contributed by atoms with van der Waals surface area (Å²) >= 11 is 0. The second-order valence-electron chi connectivity index (χ2n) is 8.59. The number of rotatable bonds is 4. The monoisotopic (exact) mass is 438 g/mol. The first kappa shape index (κ1) is 19.7. The fourth-order valence-electron chi connectivity index (χ4n) is 4.60. The van der Waals surface area contributed by atoms with Crippen molar-refractivity contribution in [3.8, 4) is 17.5 Å². The van der Waals surface area contributed by atoms with E-state index in [1.165, 1.54) is 0 Å². The molecule has 8 nitrogen and oxygen atoms in total. The van der Waals surface area contributed by atoms with Crippen LogP contribution in [-0.4, -0.2) is 44.0 Å². The van der Waals surface area contributed by atoms with E-state index in [9.17, 15) is 5.11 Å². The summed E-state index contributed by atoms with van der Waals surface area (Å²) in [6, 6.07) is 14.0. The van der Waals surface area contributed by atoms with Crippen molar-refractivity contribution in [2.75, 3.05) is 18.0 Å². The van der Waals surface area contributed by atoms with Crippen LogP contribution < -0.4 is 9.64 Å². The molecule has 1 saturated heterocycles. The van der Waals surface area contributed by atoms with Gasteiger partial charge < -0.3 is 14.7 Å². The SMILES string of the molecule is N#Cc1cnc2c(c1)CCC[C@@H]2Oc1ccc2cnn(-c3ccnc(N4CC(O)C4)c3)c2c1. The third kappa shape index (κ3) is 3.56. The molecule has 0 bridgehead atoms. The summed E-state index contributed by atoms with van der Waals surface area (Å²) in [5.41, 5.74) is 4.45. The predicted octanol–water partition coefficient (Wildman–Crippen LogP) is 3.32. The quantitative estimate of drug-likeness (QED) is 0.522. The number of hydrogen-bond acceptors (Lipinski definition) is 7. The van der Waals surface area contributed by atoms with E-state index in [-0.39, 0.29) is 12.2 Å². The van der Waals surface area contributed by atoms with E-state index in [4.69, 9.17) is 10.00 Å². The molecule has 1 aliphatic heterocycles. The maximum atomic E-state index is 9.61. The van der Waals surface area contributed by atoms with Gasteiger partial charge in [-0.05, 0) is 49.1 Å². The summed E-state index contributed by atoms with van der Waals surface area (Å²) in [5.74, 6) is 1.59. The number of nitrogens with zero attached hydrogens (tertiary/aromatic N) is 6. The number of aryl methyl sites for hydroxylation is 1. The topological polar surface area (TPSA) is 100 Å². The highest BCUT2D eigenvalue weighted by Gasteiger charge is 2.26. The summed E-state index contributed by atoms with van der Waals surface area (Å²) in [6.45, 7) is 1.20. The normalized spacial score (nSPS) is 17.9. The lowest BCUT2D eigenvalue weighted by Crippen LogP contribution is -2.51. The molecule has 33 heavy (non-hydrogen) atoms. The number of β-amino-alcohol motifs (C(OH)–C–C–N with tert-alkyl or cyclic N) is 1. The molecular formula is C25H22N6O2. The van der Waals surface area contributed by atoms with Gasteiger partial charge in [0.25, 0.3) is 0 Å². The molecule has 1 atom stereocenters. The van der Waals surface area contributed by atoms with Crippen molar-refractivity contribution in [1.82, 2.24) is 19.7 Å². The van der Waals surface area contributed by atoms with Gasteiger partial charge in [-0.15, -0.1) is 0 Å². The maximum absolute atomic E-state index is 9.61. The predicted molar refractivity (Wildman–Crippen MR) is 122 cm³/mol. The molecule has 1 fully saturated rings. The number of pyridine rings is 2. The average Bonchev–Trinajstić information content (AvgIpc) is 3.25. The largest absolute Gasteiger partial charge is 0.484 e. The van der Waals surface area contributed by atoms with Gasteiger partial charge in [-0.3, -0.25) is 4.98 Å². The number of hydrogen-bond donors (Lipinski definition) is 1. The van der Waals surface area contributed by atoms with Gasteiger partial charge in [0.05, 0.1) is 34.8 Å². The number of fused-ring (bicyclic) bond motifs is 2. The molecule has 4 heterocycles. The van der Waals surface area contributed by atoms with Crippen LogP contribution in [0.15, 0.2) is 55.0 Å². The molecule has 6 rings (SSSR count). The molecule has 0 unspecified atom stereocenters. The Morgan fingerprint density at radius 2 is 2.00 bits per heavy atom. The summed E-state index contributed by atoms with van der Waals surface area (Å²) in [5, 5.41) is 24.4. The van der Waals surface area contributed by atoms with Crippen molar-refractivity contribution < 1.29 is 9.84 Å². The Balaban J connectivity index is 1.31. The Labute approximate surface area is 190 Å². The van der Waals surface area contributed by atoms with E-state index in [2.05, 4.69) is 21.1 Å². The second kappa shape index (κ2) is 7.87.